The van der Waals surface area contributed by atoms with Crippen molar-refractivity contribution in [2.45, 2.75) is 20.3 Å². The van der Waals surface area contributed by atoms with Gasteiger partial charge in [-0.3, -0.25) is 4.40 Å². The maximum atomic E-state index is 5.49. The van der Waals surface area contributed by atoms with E-state index in [1.807, 2.05) is 0 Å². The van der Waals surface area contributed by atoms with Crippen LogP contribution in [0.25, 0.3) is 127 Å². The lowest BCUT2D eigenvalue weighted by atomic mass is 9.84. The van der Waals surface area contributed by atoms with Gasteiger partial charge in [-0.25, -0.2) is 4.98 Å². The van der Waals surface area contributed by atoms with Crippen LogP contribution >= 0.6 is 0 Å². The molecule has 0 fully saturated rings. The zero-order valence-electron chi connectivity index (χ0n) is 33.6. The molecule has 2 aromatic heterocycles. The normalized spacial score (nSPS) is 12.8. The molecule has 0 amide bonds. The summed E-state index contributed by atoms with van der Waals surface area (Å²) in [5, 5.41) is 16.1. The van der Waals surface area contributed by atoms with E-state index in [4.69, 9.17) is 4.98 Å². The Labute approximate surface area is 347 Å². The van der Waals surface area contributed by atoms with Crippen LogP contribution in [0.5, 0.6) is 0 Å². The number of fused-ring (bicyclic) bond motifs is 12. The molecule has 282 valence electrons. The van der Waals surface area contributed by atoms with Gasteiger partial charge >= 0.3 is 0 Å². The zero-order chi connectivity index (χ0) is 39.9. The molecular formula is C58H40N2. The topological polar surface area (TPSA) is 17.3 Å². The molecular weight excluding hydrogens is 725 g/mol. The van der Waals surface area contributed by atoms with Crippen LogP contribution in [0.3, 0.4) is 0 Å². The van der Waals surface area contributed by atoms with E-state index in [2.05, 4.69) is 212 Å². The lowest BCUT2D eigenvalue weighted by Gasteiger charge is -2.19. The number of hydrogen-bond acceptors (Lipinski definition) is 1. The van der Waals surface area contributed by atoms with E-state index in [0.717, 1.165) is 28.7 Å². The Morgan fingerprint density at radius 1 is 0.450 bits per heavy atom. The molecule has 0 bridgehead atoms. The lowest BCUT2D eigenvalue weighted by Crippen LogP contribution is -2.25. The van der Waals surface area contributed by atoms with Crippen LogP contribution in [0, 0.1) is 0 Å². The first-order chi connectivity index (χ1) is 29.7. The summed E-state index contributed by atoms with van der Waals surface area (Å²) in [6.07, 6.45) is 5.55. The summed E-state index contributed by atoms with van der Waals surface area (Å²) in [6.45, 7) is 4.35. The quantitative estimate of drug-likeness (QED) is 0.129. The monoisotopic (exact) mass is 764 g/mol. The van der Waals surface area contributed by atoms with Crippen molar-refractivity contribution in [2.75, 3.05) is 0 Å². The molecule has 10 aromatic carbocycles. The van der Waals surface area contributed by atoms with Crippen LogP contribution in [-0.4, -0.2) is 9.38 Å². The summed E-state index contributed by atoms with van der Waals surface area (Å²) < 4.78 is 2.37. The Kier molecular flexibility index (Phi) is 7.77. The fourth-order valence-electron chi connectivity index (χ4n) is 10.0. The second-order valence-corrected chi connectivity index (χ2v) is 16.1. The second kappa shape index (κ2) is 13.5. The number of pyridine rings is 1. The van der Waals surface area contributed by atoms with E-state index >= 15 is 0 Å². The molecule has 0 radical (unpaired) electrons. The molecule has 0 N–H and O–H groups in total. The van der Waals surface area contributed by atoms with Crippen LogP contribution in [0.1, 0.15) is 20.3 Å². The van der Waals surface area contributed by atoms with Gasteiger partial charge in [0.1, 0.15) is 5.65 Å². The van der Waals surface area contributed by atoms with E-state index in [1.54, 1.807) is 0 Å². The van der Waals surface area contributed by atoms with Gasteiger partial charge in [0.15, 0.2) is 0 Å². The minimum absolute atomic E-state index is 0.976. The highest BCUT2D eigenvalue weighted by Gasteiger charge is 2.20. The third-order valence-corrected chi connectivity index (χ3v) is 12.7. The van der Waals surface area contributed by atoms with Crippen molar-refractivity contribution in [1.82, 2.24) is 9.38 Å². The van der Waals surface area contributed by atoms with Gasteiger partial charge < -0.3 is 0 Å². The van der Waals surface area contributed by atoms with E-state index in [-0.39, 0.29) is 0 Å². The Balaban J connectivity index is 1.15. The predicted octanol–water partition coefficient (Wildman–Crippen LogP) is 14.4. The molecule has 0 saturated heterocycles. The number of hydrogen-bond donors (Lipinski definition) is 0. The van der Waals surface area contributed by atoms with E-state index in [0.29, 0.717) is 0 Å². The predicted molar refractivity (Wildman–Crippen MR) is 258 cm³/mol. The minimum atomic E-state index is 0.976. The molecule has 2 nitrogen and oxygen atoms in total. The molecule has 0 aliphatic carbocycles. The molecule has 2 heterocycles. The molecule has 0 aliphatic rings. The number of aromatic nitrogens is 2. The number of imidazole rings is 1. The summed E-state index contributed by atoms with van der Waals surface area (Å²) in [5.74, 6) is 0. The Morgan fingerprint density at radius 3 is 1.68 bits per heavy atom. The first-order valence-corrected chi connectivity index (χ1v) is 21.1. The summed E-state index contributed by atoms with van der Waals surface area (Å²) in [6, 6.07) is 67.4. The first kappa shape index (κ1) is 34.5. The molecule has 60 heavy (non-hydrogen) atoms. The smallest absolute Gasteiger partial charge is 0.146 e. The van der Waals surface area contributed by atoms with Gasteiger partial charge in [-0.2, -0.15) is 0 Å². The molecule has 2 heteroatoms. The summed E-state index contributed by atoms with van der Waals surface area (Å²) in [7, 11) is 0. The lowest BCUT2D eigenvalue weighted by molar-refractivity contribution is 1.28. The summed E-state index contributed by atoms with van der Waals surface area (Å²) in [5.41, 5.74) is 11.5. The fraction of sp³-hybridized carbons (Fsp3) is 0.0517. The van der Waals surface area contributed by atoms with Gasteiger partial charge in [-0.1, -0.05) is 165 Å². The average Bonchev–Trinajstić information content (AvgIpc) is 3.69. The van der Waals surface area contributed by atoms with Crippen molar-refractivity contribution in [1.29, 1.82) is 0 Å². The van der Waals surface area contributed by atoms with Crippen molar-refractivity contribution in [3.63, 3.8) is 0 Å². The largest absolute Gasteiger partial charge is 0.292 e. The van der Waals surface area contributed by atoms with Crippen molar-refractivity contribution in [3.8, 4) is 33.4 Å². The minimum Gasteiger partial charge on any atom is -0.292 e. The van der Waals surface area contributed by atoms with Gasteiger partial charge in [0.25, 0.3) is 0 Å². The third kappa shape index (κ3) is 5.17. The van der Waals surface area contributed by atoms with Crippen LogP contribution in [-0.2, 0) is 0 Å². The van der Waals surface area contributed by atoms with Crippen molar-refractivity contribution in [2.24, 2.45) is 0 Å². The van der Waals surface area contributed by atoms with Gasteiger partial charge in [0.2, 0.25) is 0 Å². The molecule has 12 rings (SSSR count). The Bertz CT molecular complexity index is 3890. The molecule has 12 aromatic rings. The van der Waals surface area contributed by atoms with Gasteiger partial charge in [0.05, 0.1) is 16.6 Å². The van der Waals surface area contributed by atoms with E-state index in [9.17, 15) is 0 Å². The van der Waals surface area contributed by atoms with E-state index in [1.165, 1.54) is 103 Å². The Hall–Kier alpha value is -7.55. The average molecular weight is 765 g/mol. The number of nitrogens with zero attached hydrogens (tertiary/aromatic N) is 2. The van der Waals surface area contributed by atoms with Crippen LogP contribution < -0.4 is 10.4 Å². The number of para-hydroxylation sites is 1. The van der Waals surface area contributed by atoms with Crippen LogP contribution in [0.4, 0.5) is 0 Å². The van der Waals surface area contributed by atoms with Gasteiger partial charge in [-0.15, -0.1) is 0 Å². The zero-order valence-corrected chi connectivity index (χ0v) is 33.6. The number of rotatable bonds is 4. The third-order valence-electron chi connectivity index (χ3n) is 12.7. The molecule has 0 spiro atoms. The maximum absolute atomic E-state index is 5.49. The second-order valence-electron chi connectivity index (χ2n) is 16.1. The molecule has 0 atom stereocenters. The highest BCUT2D eigenvalue weighted by Crippen LogP contribution is 2.46. The van der Waals surface area contributed by atoms with Crippen molar-refractivity contribution in [3.05, 3.63) is 192 Å². The highest BCUT2D eigenvalue weighted by atomic mass is 15.0. The highest BCUT2D eigenvalue weighted by molar-refractivity contribution is 6.23. The van der Waals surface area contributed by atoms with Crippen molar-refractivity contribution >= 4 is 93.6 Å². The summed E-state index contributed by atoms with van der Waals surface area (Å²) >= 11 is 0. The van der Waals surface area contributed by atoms with Crippen LogP contribution in [0.15, 0.2) is 182 Å². The standard InChI is InChI=1S/C58H40N2/c1-3-13-38-26-29-49-46-18-11-12-21-53(46)60-54-31-28-42(35-52(54)59-58(60)57(49)45(38)4-2)41-27-30-50-51(34-41)56(44-25-23-37-15-6-8-17-40(37)33-44)48-20-10-9-19-47(48)55(50)43-24-22-36-14-5-7-16-39(36)32-43/h4-35H,3H2,1-2H3/b38-13-,45-4+. The van der Waals surface area contributed by atoms with Gasteiger partial charge in [-0.05, 0) is 142 Å². The molecule has 0 saturated carbocycles. The van der Waals surface area contributed by atoms with E-state index < -0.39 is 0 Å². The van der Waals surface area contributed by atoms with Crippen LogP contribution in [0.2, 0.25) is 0 Å². The SMILES string of the molecule is C/C=c1\c(=C/CC)ccc2c3ccccc3n3c4ccc(-c5ccc6c(-c7ccc8ccccc8c7)c7ccccc7c(-c7ccc8ccccc8c7)c6c5)cc4nc3c12. The van der Waals surface area contributed by atoms with Gasteiger partial charge in [0, 0.05) is 10.8 Å². The number of benzene rings is 10. The van der Waals surface area contributed by atoms with Crippen molar-refractivity contribution < 1.29 is 0 Å². The summed E-state index contributed by atoms with van der Waals surface area (Å²) in [4.78, 5) is 5.49. The molecule has 0 unspecified atom stereocenters. The fourth-order valence-corrected chi connectivity index (χ4v) is 10.0. The molecule has 0 aliphatic heterocycles. The first-order valence-electron chi connectivity index (χ1n) is 21.1. The Morgan fingerprint density at radius 2 is 1.00 bits per heavy atom. The maximum Gasteiger partial charge on any atom is 0.146 e.